The molecule has 0 unspecified atom stereocenters. The number of pyridine rings is 1. The Balaban J connectivity index is 1.65. The molecule has 2 aromatic carbocycles. The van der Waals surface area contributed by atoms with Crippen molar-refractivity contribution in [1.82, 2.24) is 14.9 Å². The van der Waals surface area contributed by atoms with Crippen LogP contribution < -0.4 is 20.3 Å². The standard InChI is InChI=1S/C34H37N5O4S/c1-20-18-24(21(2)38(20)27-14-9-8-12-23(27)31(40)43-7)30-29(26-13-10-11-17-35-26)37-33(44)39(30)22-15-16-25(28(19-22)42-6)36-32(41)34(3,4)5/h8-19,29-30H,1-7H3,(H,36,41)(H,37,44)/t29-,30-/m1/s1. The summed E-state index contributed by atoms with van der Waals surface area (Å²) in [7, 11) is 2.96. The monoisotopic (exact) mass is 611 g/mol. The molecule has 0 spiro atoms. The fraction of sp³-hybridized carbons (Fsp3) is 0.294. The number of methoxy groups -OCH3 is 2. The summed E-state index contributed by atoms with van der Waals surface area (Å²) in [6.45, 7) is 9.64. The van der Waals surface area contributed by atoms with Gasteiger partial charge in [0.2, 0.25) is 5.91 Å². The molecule has 0 bridgehead atoms. The van der Waals surface area contributed by atoms with Gasteiger partial charge >= 0.3 is 5.97 Å². The highest BCUT2D eigenvalue weighted by Crippen LogP contribution is 2.45. The number of hydrogen-bond acceptors (Lipinski definition) is 6. The molecule has 2 aromatic heterocycles. The predicted octanol–water partition coefficient (Wildman–Crippen LogP) is 6.45. The SMILES string of the molecule is COC(=O)c1ccccc1-n1c(C)cc([C@@H]2[C@@H](c3ccccn3)NC(=S)N2c2ccc(NC(=O)C(C)(C)C)c(OC)c2)c1C. The van der Waals surface area contributed by atoms with Crippen molar-refractivity contribution < 1.29 is 19.1 Å². The molecule has 2 atom stereocenters. The lowest BCUT2D eigenvalue weighted by Crippen LogP contribution is -2.30. The number of benzene rings is 2. The Morgan fingerprint density at radius 1 is 1.00 bits per heavy atom. The molecule has 5 rings (SSSR count). The van der Waals surface area contributed by atoms with Gasteiger partial charge in [-0.1, -0.05) is 39.0 Å². The average Bonchev–Trinajstić information content (AvgIpc) is 3.51. The smallest absolute Gasteiger partial charge is 0.339 e. The van der Waals surface area contributed by atoms with Crippen LogP contribution in [0.5, 0.6) is 5.75 Å². The Hall–Kier alpha value is -4.70. The molecule has 1 amide bonds. The molecule has 9 nitrogen and oxygen atoms in total. The molecule has 1 aliphatic heterocycles. The molecule has 44 heavy (non-hydrogen) atoms. The van der Waals surface area contributed by atoms with Crippen molar-refractivity contribution in [2.24, 2.45) is 5.41 Å². The van der Waals surface area contributed by atoms with E-state index in [1.54, 1.807) is 19.4 Å². The maximum atomic E-state index is 12.8. The number of ether oxygens (including phenoxy) is 2. The zero-order valence-electron chi connectivity index (χ0n) is 26.0. The van der Waals surface area contributed by atoms with E-state index in [-0.39, 0.29) is 18.0 Å². The average molecular weight is 612 g/mol. The van der Waals surface area contributed by atoms with Gasteiger partial charge in [0, 0.05) is 34.8 Å². The largest absolute Gasteiger partial charge is 0.494 e. The highest BCUT2D eigenvalue weighted by atomic mass is 32.1. The number of amides is 1. The second-order valence-corrected chi connectivity index (χ2v) is 12.1. The van der Waals surface area contributed by atoms with Crippen molar-refractivity contribution in [2.75, 3.05) is 24.4 Å². The summed E-state index contributed by atoms with van der Waals surface area (Å²) in [6.07, 6.45) is 1.77. The van der Waals surface area contributed by atoms with E-state index in [2.05, 4.69) is 31.2 Å². The third-order valence-corrected chi connectivity index (χ3v) is 8.14. The van der Waals surface area contributed by atoms with Crippen molar-refractivity contribution in [1.29, 1.82) is 0 Å². The summed E-state index contributed by atoms with van der Waals surface area (Å²) in [5.74, 6) is -0.00724. The summed E-state index contributed by atoms with van der Waals surface area (Å²) in [4.78, 5) is 32.2. The zero-order valence-corrected chi connectivity index (χ0v) is 26.8. The third kappa shape index (κ3) is 5.65. The molecular weight excluding hydrogens is 574 g/mol. The third-order valence-electron chi connectivity index (χ3n) is 7.83. The Morgan fingerprint density at radius 2 is 1.73 bits per heavy atom. The number of nitrogens with one attached hydrogen (secondary N) is 2. The van der Waals surface area contributed by atoms with Crippen molar-refractivity contribution in [3.8, 4) is 11.4 Å². The number of carbonyl (C=O) groups is 2. The molecule has 0 aliphatic carbocycles. The van der Waals surface area contributed by atoms with Crippen LogP contribution >= 0.6 is 12.2 Å². The van der Waals surface area contributed by atoms with Crippen molar-refractivity contribution in [3.05, 3.63) is 101 Å². The van der Waals surface area contributed by atoms with Crippen LogP contribution in [0.3, 0.4) is 0 Å². The first-order chi connectivity index (χ1) is 21.0. The number of anilines is 2. The van der Waals surface area contributed by atoms with Gasteiger partial charge in [0.25, 0.3) is 0 Å². The fourth-order valence-electron chi connectivity index (χ4n) is 5.60. The van der Waals surface area contributed by atoms with Gasteiger partial charge in [-0.05, 0) is 74.1 Å². The quantitative estimate of drug-likeness (QED) is 0.182. The number of rotatable bonds is 7. The number of hydrogen-bond donors (Lipinski definition) is 2. The van der Waals surface area contributed by atoms with Crippen LogP contribution in [0.15, 0.2) is 72.9 Å². The topological polar surface area (TPSA) is 97.7 Å². The number of esters is 1. The number of para-hydroxylation sites is 1. The van der Waals surface area contributed by atoms with Crippen molar-refractivity contribution >= 4 is 40.6 Å². The summed E-state index contributed by atoms with van der Waals surface area (Å²) in [6, 6.07) is 20.4. The van der Waals surface area contributed by atoms with Gasteiger partial charge < -0.3 is 29.6 Å². The summed E-state index contributed by atoms with van der Waals surface area (Å²) >= 11 is 5.96. The summed E-state index contributed by atoms with van der Waals surface area (Å²) < 4.78 is 12.9. The van der Waals surface area contributed by atoms with E-state index >= 15 is 0 Å². The predicted molar refractivity (Wildman–Crippen MR) is 176 cm³/mol. The molecule has 1 fully saturated rings. The number of aromatic nitrogens is 2. The van der Waals surface area contributed by atoms with Crippen LogP contribution in [0.4, 0.5) is 11.4 Å². The number of nitrogens with zero attached hydrogens (tertiary/aromatic N) is 3. The van der Waals surface area contributed by atoms with Gasteiger partial charge in [0.05, 0.1) is 48.9 Å². The number of carbonyl (C=O) groups excluding carboxylic acids is 2. The van der Waals surface area contributed by atoms with E-state index in [0.29, 0.717) is 22.1 Å². The van der Waals surface area contributed by atoms with E-state index in [4.69, 9.17) is 21.7 Å². The molecule has 228 valence electrons. The number of aryl methyl sites for hydroxylation is 1. The lowest BCUT2D eigenvalue weighted by Gasteiger charge is -2.29. The van der Waals surface area contributed by atoms with Gasteiger partial charge in [0.1, 0.15) is 5.75 Å². The zero-order chi connectivity index (χ0) is 31.8. The molecule has 2 N–H and O–H groups in total. The maximum Gasteiger partial charge on any atom is 0.339 e. The summed E-state index contributed by atoms with van der Waals surface area (Å²) in [5.41, 5.74) is 5.74. The van der Waals surface area contributed by atoms with Crippen LogP contribution in [-0.4, -0.2) is 40.8 Å². The van der Waals surface area contributed by atoms with E-state index in [1.165, 1.54) is 7.11 Å². The second kappa shape index (κ2) is 12.1. The van der Waals surface area contributed by atoms with Crippen molar-refractivity contribution in [3.63, 3.8) is 0 Å². The molecule has 0 radical (unpaired) electrons. The van der Waals surface area contributed by atoms with E-state index in [0.717, 1.165) is 34.0 Å². The van der Waals surface area contributed by atoms with Gasteiger partial charge in [-0.2, -0.15) is 0 Å². The van der Waals surface area contributed by atoms with Gasteiger partial charge in [-0.25, -0.2) is 4.79 Å². The Labute approximate surface area is 263 Å². The molecular formula is C34H37N5O4S. The minimum atomic E-state index is -0.569. The lowest BCUT2D eigenvalue weighted by atomic mass is 9.95. The Bertz CT molecular complexity index is 1730. The molecule has 0 saturated carbocycles. The van der Waals surface area contributed by atoms with E-state index in [1.807, 2.05) is 89.2 Å². The van der Waals surface area contributed by atoms with Crippen LogP contribution in [-0.2, 0) is 9.53 Å². The fourth-order valence-corrected chi connectivity index (χ4v) is 5.95. The van der Waals surface area contributed by atoms with Crippen LogP contribution in [0.2, 0.25) is 0 Å². The minimum absolute atomic E-state index is 0.116. The molecule has 1 aliphatic rings. The second-order valence-electron chi connectivity index (χ2n) is 11.8. The molecule has 4 aromatic rings. The van der Waals surface area contributed by atoms with Gasteiger partial charge in [-0.3, -0.25) is 9.78 Å². The molecule has 3 heterocycles. The Kier molecular flexibility index (Phi) is 8.47. The normalized spacial score (nSPS) is 16.4. The van der Waals surface area contributed by atoms with Crippen LogP contribution in [0, 0.1) is 19.3 Å². The van der Waals surface area contributed by atoms with E-state index in [9.17, 15) is 9.59 Å². The first kappa shape index (κ1) is 30.7. The number of thiocarbonyl (C=S) groups is 1. The summed E-state index contributed by atoms with van der Waals surface area (Å²) in [5, 5.41) is 7.02. The first-order valence-electron chi connectivity index (χ1n) is 14.3. The maximum absolute atomic E-state index is 12.8. The minimum Gasteiger partial charge on any atom is -0.494 e. The van der Waals surface area contributed by atoms with Crippen LogP contribution in [0.25, 0.3) is 5.69 Å². The highest BCUT2D eigenvalue weighted by Gasteiger charge is 2.42. The molecule has 1 saturated heterocycles. The van der Waals surface area contributed by atoms with Gasteiger partial charge in [-0.15, -0.1) is 0 Å². The highest BCUT2D eigenvalue weighted by molar-refractivity contribution is 7.80. The first-order valence-corrected chi connectivity index (χ1v) is 14.7. The van der Waals surface area contributed by atoms with Crippen LogP contribution in [0.1, 0.15) is 65.9 Å². The van der Waals surface area contributed by atoms with E-state index < -0.39 is 11.4 Å². The molecule has 10 heteroatoms. The van der Waals surface area contributed by atoms with Crippen molar-refractivity contribution in [2.45, 2.75) is 46.7 Å². The van der Waals surface area contributed by atoms with Gasteiger partial charge in [0.15, 0.2) is 5.11 Å². The lowest BCUT2D eigenvalue weighted by molar-refractivity contribution is -0.123. The Morgan fingerprint density at radius 3 is 2.39 bits per heavy atom.